The third-order valence-electron chi connectivity index (χ3n) is 2.69. The smallest absolute Gasteiger partial charge is 0.257 e. The van der Waals surface area contributed by atoms with Crippen molar-refractivity contribution in [3.05, 3.63) is 57.8 Å². The first-order chi connectivity index (χ1) is 9.52. The Hall–Kier alpha value is -1.78. The molecule has 0 bridgehead atoms. The zero-order valence-corrected chi connectivity index (χ0v) is 12.0. The monoisotopic (exact) mass is 312 g/mol. The Morgan fingerprint density at radius 1 is 1.20 bits per heavy atom. The Kier molecular flexibility index (Phi) is 4.47. The molecule has 0 radical (unpaired) electrons. The maximum absolute atomic E-state index is 13.6. The molecule has 0 aliphatic rings. The molecule has 0 saturated carbocycles. The van der Waals surface area contributed by atoms with Crippen molar-refractivity contribution < 1.29 is 9.18 Å². The second-order valence-corrected chi connectivity index (χ2v) is 4.83. The molecule has 3 nitrogen and oxygen atoms in total. The summed E-state index contributed by atoms with van der Waals surface area (Å²) < 4.78 is 13.6. The van der Waals surface area contributed by atoms with E-state index in [1.807, 2.05) is 0 Å². The molecule has 0 heterocycles. The zero-order chi connectivity index (χ0) is 14.7. The molecule has 1 amide bonds. The molecule has 0 aliphatic carbocycles. The quantitative estimate of drug-likeness (QED) is 0.880. The lowest BCUT2D eigenvalue weighted by molar-refractivity contribution is 0.102. The third-order valence-corrected chi connectivity index (χ3v) is 3.24. The van der Waals surface area contributed by atoms with Crippen molar-refractivity contribution in [1.29, 1.82) is 0 Å². The minimum Gasteiger partial charge on any atom is -0.385 e. The maximum atomic E-state index is 13.6. The lowest BCUT2D eigenvalue weighted by atomic mass is 10.1. The highest BCUT2D eigenvalue weighted by Gasteiger charge is 2.15. The van der Waals surface area contributed by atoms with E-state index in [9.17, 15) is 9.18 Å². The van der Waals surface area contributed by atoms with Gasteiger partial charge in [-0.1, -0.05) is 29.3 Å². The van der Waals surface area contributed by atoms with E-state index in [4.69, 9.17) is 23.2 Å². The fraction of sp³-hybridized carbons (Fsp3) is 0.0714. The van der Waals surface area contributed by atoms with E-state index in [2.05, 4.69) is 10.6 Å². The molecule has 2 N–H and O–H groups in total. The van der Waals surface area contributed by atoms with Gasteiger partial charge in [0.1, 0.15) is 5.82 Å². The Bertz CT molecular complexity index is 662. The average Bonchev–Trinajstić information content (AvgIpc) is 2.41. The average molecular weight is 313 g/mol. The molecule has 0 spiro atoms. The molecule has 20 heavy (non-hydrogen) atoms. The van der Waals surface area contributed by atoms with Crippen LogP contribution < -0.4 is 10.6 Å². The van der Waals surface area contributed by atoms with Gasteiger partial charge in [0.2, 0.25) is 0 Å². The van der Waals surface area contributed by atoms with E-state index >= 15 is 0 Å². The fourth-order valence-corrected chi connectivity index (χ4v) is 2.20. The standard InChI is InChI=1S/C14H11Cl2FN2O/c1-18-13-9(3-2-4-11(13)17)14(20)19-12-6-5-8(15)7-10(12)16/h2-7,18H,1H3,(H,19,20). The summed E-state index contributed by atoms with van der Waals surface area (Å²) in [6.45, 7) is 0. The number of para-hydroxylation sites is 1. The normalized spacial score (nSPS) is 10.2. The number of nitrogens with one attached hydrogen (secondary N) is 2. The van der Waals surface area contributed by atoms with E-state index in [1.165, 1.54) is 24.3 Å². The van der Waals surface area contributed by atoms with Gasteiger partial charge >= 0.3 is 0 Å². The summed E-state index contributed by atoms with van der Waals surface area (Å²) in [4.78, 5) is 12.2. The second kappa shape index (κ2) is 6.11. The molecule has 0 saturated heterocycles. The van der Waals surface area contributed by atoms with Gasteiger partial charge in [-0.2, -0.15) is 0 Å². The first kappa shape index (κ1) is 14.6. The van der Waals surface area contributed by atoms with E-state index in [-0.39, 0.29) is 11.3 Å². The molecule has 0 atom stereocenters. The Balaban J connectivity index is 2.31. The highest BCUT2D eigenvalue weighted by Crippen LogP contribution is 2.27. The van der Waals surface area contributed by atoms with E-state index in [0.717, 1.165) is 0 Å². The number of benzene rings is 2. The van der Waals surface area contributed by atoms with Crippen LogP contribution in [0.25, 0.3) is 0 Å². The summed E-state index contributed by atoms with van der Waals surface area (Å²) in [5.41, 5.74) is 0.737. The molecule has 2 aromatic carbocycles. The van der Waals surface area contributed by atoms with E-state index in [1.54, 1.807) is 19.2 Å². The van der Waals surface area contributed by atoms with Crippen molar-refractivity contribution in [1.82, 2.24) is 0 Å². The topological polar surface area (TPSA) is 41.1 Å². The maximum Gasteiger partial charge on any atom is 0.257 e. The number of halogens is 3. The van der Waals surface area contributed by atoms with Gasteiger partial charge in [-0.05, 0) is 30.3 Å². The number of carbonyl (C=O) groups excluding carboxylic acids is 1. The number of rotatable bonds is 3. The Morgan fingerprint density at radius 3 is 2.60 bits per heavy atom. The second-order valence-electron chi connectivity index (χ2n) is 3.99. The molecule has 2 rings (SSSR count). The molecule has 0 aliphatic heterocycles. The van der Waals surface area contributed by atoms with Crippen LogP contribution in [0.1, 0.15) is 10.4 Å². The van der Waals surface area contributed by atoms with Gasteiger partial charge < -0.3 is 10.6 Å². The molecular formula is C14H11Cl2FN2O. The summed E-state index contributed by atoms with van der Waals surface area (Å²) in [5.74, 6) is -0.958. The van der Waals surface area contributed by atoms with Gasteiger partial charge in [-0.25, -0.2) is 4.39 Å². The first-order valence-electron chi connectivity index (χ1n) is 5.75. The van der Waals surface area contributed by atoms with Crippen molar-refractivity contribution in [3.8, 4) is 0 Å². The van der Waals surface area contributed by atoms with Crippen LogP contribution in [0.15, 0.2) is 36.4 Å². The van der Waals surface area contributed by atoms with Gasteiger partial charge in [-0.3, -0.25) is 4.79 Å². The van der Waals surface area contributed by atoms with E-state index < -0.39 is 11.7 Å². The molecule has 6 heteroatoms. The number of hydrogen-bond donors (Lipinski definition) is 2. The van der Waals surface area contributed by atoms with Crippen LogP contribution in [-0.4, -0.2) is 13.0 Å². The van der Waals surface area contributed by atoms with Gasteiger partial charge in [-0.15, -0.1) is 0 Å². The molecule has 2 aromatic rings. The number of amides is 1. The Labute approximate surface area is 125 Å². The summed E-state index contributed by atoms with van der Waals surface area (Å²) in [6, 6.07) is 8.97. The van der Waals surface area contributed by atoms with E-state index in [0.29, 0.717) is 15.7 Å². The number of carbonyl (C=O) groups is 1. The van der Waals surface area contributed by atoms with Gasteiger partial charge in [0, 0.05) is 12.1 Å². The summed E-state index contributed by atoms with van der Waals surface area (Å²) >= 11 is 11.8. The lowest BCUT2D eigenvalue weighted by Gasteiger charge is -2.11. The number of hydrogen-bond acceptors (Lipinski definition) is 2. The first-order valence-corrected chi connectivity index (χ1v) is 6.51. The molecular weight excluding hydrogens is 302 g/mol. The minimum absolute atomic E-state index is 0.134. The fourth-order valence-electron chi connectivity index (χ4n) is 1.75. The Morgan fingerprint density at radius 2 is 1.95 bits per heavy atom. The molecule has 0 fully saturated rings. The summed E-state index contributed by atoms with van der Waals surface area (Å²) in [7, 11) is 1.55. The van der Waals surface area contributed by atoms with Crippen LogP contribution in [0.4, 0.5) is 15.8 Å². The molecule has 0 aromatic heterocycles. The van der Waals surface area contributed by atoms with Crippen molar-refractivity contribution >= 4 is 40.5 Å². The summed E-state index contributed by atoms with van der Waals surface area (Å²) in [5, 5.41) is 6.06. The highest BCUT2D eigenvalue weighted by atomic mass is 35.5. The highest BCUT2D eigenvalue weighted by molar-refractivity contribution is 6.36. The van der Waals surface area contributed by atoms with Crippen LogP contribution in [0.3, 0.4) is 0 Å². The van der Waals surface area contributed by atoms with Crippen molar-refractivity contribution in [3.63, 3.8) is 0 Å². The van der Waals surface area contributed by atoms with Crippen LogP contribution in [0.5, 0.6) is 0 Å². The predicted molar refractivity (Wildman–Crippen MR) is 80.4 cm³/mol. The van der Waals surface area contributed by atoms with Crippen LogP contribution in [-0.2, 0) is 0 Å². The molecule has 0 unspecified atom stereocenters. The third kappa shape index (κ3) is 3.03. The van der Waals surface area contributed by atoms with Crippen molar-refractivity contribution in [2.24, 2.45) is 0 Å². The minimum atomic E-state index is -0.498. The van der Waals surface area contributed by atoms with Gasteiger partial charge in [0.05, 0.1) is 22.0 Å². The van der Waals surface area contributed by atoms with Crippen LogP contribution in [0.2, 0.25) is 10.0 Å². The SMILES string of the molecule is CNc1c(F)cccc1C(=O)Nc1ccc(Cl)cc1Cl. The van der Waals surface area contributed by atoms with Crippen LogP contribution >= 0.6 is 23.2 Å². The largest absolute Gasteiger partial charge is 0.385 e. The van der Waals surface area contributed by atoms with Gasteiger partial charge in [0.15, 0.2) is 0 Å². The molecule has 104 valence electrons. The summed E-state index contributed by atoms with van der Waals surface area (Å²) in [6.07, 6.45) is 0. The predicted octanol–water partition coefficient (Wildman–Crippen LogP) is 4.43. The van der Waals surface area contributed by atoms with Gasteiger partial charge in [0.25, 0.3) is 5.91 Å². The zero-order valence-electron chi connectivity index (χ0n) is 10.5. The lowest BCUT2D eigenvalue weighted by Crippen LogP contribution is -2.15. The van der Waals surface area contributed by atoms with Crippen molar-refractivity contribution in [2.75, 3.05) is 17.7 Å². The van der Waals surface area contributed by atoms with Crippen LogP contribution in [0, 0.1) is 5.82 Å². The number of anilines is 2. The van der Waals surface area contributed by atoms with Crippen molar-refractivity contribution in [2.45, 2.75) is 0 Å².